The largest absolute Gasteiger partial charge is 0.476 e. The third kappa shape index (κ3) is 3.52. The molecule has 1 aliphatic carbocycles. The van der Waals surface area contributed by atoms with Crippen LogP contribution in [-0.4, -0.2) is 31.0 Å². The second-order valence-electron chi connectivity index (χ2n) is 4.65. The Balaban J connectivity index is 2.05. The zero-order valence-corrected chi connectivity index (χ0v) is 12.0. The van der Waals surface area contributed by atoms with Crippen LogP contribution in [0.3, 0.4) is 0 Å². The molecule has 0 saturated heterocycles. The highest BCUT2D eigenvalue weighted by molar-refractivity contribution is 7.91. The van der Waals surface area contributed by atoms with Crippen LogP contribution in [-0.2, 0) is 10.0 Å². The van der Waals surface area contributed by atoms with E-state index >= 15 is 0 Å². The molecule has 0 unspecified atom stereocenters. The van der Waals surface area contributed by atoms with Crippen molar-refractivity contribution in [2.75, 3.05) is 6.54 Å². The Bertz CT molecular complexity index is 547. The molecule has 19 heavy (non-hydrogen) atoms. The molecule has 0 spiro atoms. The van der Waals surface area contributed by atoms with Crippen molar-refractivity contribution in [3.63, 3.8) is 0 Å². The molecule has 0 bridgehead atoms. The van der Waals surface area contributed by atoms with Crippen molar-refractivity contribution in [3.8, 4) is 0 Å². The standard InChI is InChI=1S/C11H16N2O4S2/c14-10(15)9-11(18-7-12-9)19(16,17)13-6-8-4-2-1-3-5-8/h7-8,13H,1-6H2,(H,14,15). The molecular formula is C11H16N2O4S2. The van der Waals surface area contributed by atoms with Crippen LogP contribution in [0.1, 0.15) is 42.6 Å². The molecule has 0 amide bonds. The van der Waals surface area contributed by atoms with Crippen molar-refractivity contribution in [2.45, 2.75) is 36.3 Å². The van der Waals surface area contributed by atoms with Gasteiger partial charge in [0.05, 0.1) is 5.51 Å². The Morgan fingerprint density at radius 2 is 2.11 bits per heavy atom. The zero-order valence-electron chi connectivity index (χ0n) is 10.3. The Labute approximate surface area is 115 Å². The van der Waals surface area contributed by atoms with Gasteiger partial charge in [-0.2, -0.15) is 0 Å². The summed E-state index contributed by atoms with van der Waals surface area (Å²) in [7, 11) is -3.77. The molecule has 1 aromatic rings. The normalized spacial score (nSPS) is 17.5. The van der Waals surface area contributed by atoms with Gasteiger partial charge in [-0.1, -0.05) is 19.3 Å². The van der Waals surface area contributed by atoms with E-state index in [9.17, 15) is 13.2 Å². The number of hydrogen-bond acceptors (Lipinski definition) is 5. The average molecular weight is 304 g/mol. The molecule has 8 heteroatoms. The minimum atomic E-state index is -3.77. The molecule has 0 aromatic carbocycles. The highest BCUT2D eigenvalue weighted by Crippen LogP contribution is 2.24. The molecule has 1 heterocycles. The topological polar surface area (TPSA) is 96.4 Å². The van der Waals surface area contributed by atoms with Gasteiger partial charge in [0.15, 0.2) is 9.90 Å². The van der Waals surface area contributed by atoms with Gasteiger partial charge in [-0.05, 0) is 18.8 Å². The molecule has 2 N–H and O–H groups in total. The van der Waals surface area contributed by atoms with Crippen molar-refractivity contribution in [3.05, 3.63) is 11.2 Å². The van der Waals surface area contributed by atoms with Gasteiger partial charge in [-0.15, -0.1) is 11.3 Å². The number of sulfonamides is 1. The first kappa shape index (κ1) is 14.4. The number of aromatic nitrogens is 1. The zero-order chi connectivity index (χ0) is 13.9. The van der Waals surface area contributed by atoms with Crippen LogP contribution in [0.15, 0.2) is 9.72 Å². The van der Waals surface area contributed by atoms with Crippen LogP contribution >= 0.6 is 11.3 Å². The summed E-state index contributed by atoms with van der Waals surface area (Å²) in [5, 5.41) is 8.89. The van der Waals surface area contributed by atoms with E-state index in [2.05, 4.69) is 9.71 Å². The van der Waals surface area contributed by atoms with Crippen LogP contribution in [0.2, 0.25) is 0 Å². The molecule has 0 atom stereocenters. The van der Waals surface area contributed by atoms with E-state index in [-0.39, 0.29) is 4.21 Å². The minimum Gasteiger partial charge on any atom is -0.476 e. The highest BCUT2D eigenvalue weighted by atomic mass is 32.2. The summed E-state index contributed by atoms with van der Waals surface area (Å²) >= 11 is 0.829. The van der Waals surface area contributed by atoms with Crippen molar-refractivity contribution in [1.29, 1.82) is 0 Å². The second-order valence-corrected chi connectivity index (χ2v) is 7.47. The third-order valence-electron chi connectivity index (χ3n) is 3.27. The molecule has 6 nitrogen and oxygen atoms in total. The van der Waals surface area contributed by atoms with E-state index in [1.54, 1.807) is 0 Å². The summed E-state index contributed by atoms with van der Waals surface area (Å²) in [5.74, 6) is -0.969. The van der Waals surface area contributed by atoms with E-state index in [4.69, 9.17) is 5.11 Å². The number of aromatic carboxylic acids is 1. The molecule has 1 fully saturated rings. The number of rotatable bonds is 5. The first-order valence-electron chi connectivity index (χ1n) is 6.17. The van der Waals surface area contributed by atoms with Crippen LogP contribution < -0.4 is 4.72 Å². The first-order chi connectivity index (χ1) is 9.00. The molecule has 106 valence electrons. The van der Waals surface area contributed by atoms with Crippen LogP contribution in [0, 0.1) is 5.92 Å². The van der Waals surface area contributed by atoms with Gasteiger partial charge in [0.25, 0.3) is 10.0 Å². The Hall–Kier alpha value is -0.990. The fourth-order valence-corrected chi connectivity index (χ4v) is 4.55. The predicted octanol–water partition coefficient (Wildman–Crippen LogP) is 1.70. The predicted molar refractivity (Wildman–Crippen MR) is 70.8 cm³/mol. The number of thiazole rings is 1. The van der Waals surface area contributed by atoms with E-state index < -0.39 is 21.7 Å². The SMILES string of the molecule is O=C(O)c1ncsc1S(=O)(=O)NCC1CCCCC1. The second kappa shape index (κ2) is 5.98. The van der Waals surface area contributed by atoms with Gasteiger partial charge in [0.1, 0.15) is 0 Å². The number of carboxylic acids is 1. The fourth-order valence-electron chi connectivity index (χ4n) is 2.25. The summed E-state index contributed by atoms with van der Waals surface area (Å²) in [6.45, 7) is 0.374. The molecular weight excluding hydrogens is 288 g/mol. The van der Waals surface area contributed by atoms with Crippen LogP contribution in [0.25, 0.3) is 0 Å². The van der Waals surface area contributed by atoms with E-state index in [1.807, 2.05) is 0 Å². The highest BCUT2D eigenvalue weighted by Gasteiger charge is 2.26. The molecule has 0 aliphatic heterocycles. The maximum Gasteiger partial charge on any atom is 0.356 e. The summed E-state index contributed by atoms with van der Waals surface area (Å²) in [6, 6.07) is 0. The maximum atomic E-state index is 12.1. The van der Waals surface area contributed by atoms with E-state index in [0.717, 1.165) is 37.0 Å². The molecule has 1 saturated carbocycles. The van der Waals surface area contributed by atoms with Crippen LogP contribution in [0.4, 0.5) is 0 Å². The van der Waals surface area contributed by atoms with E-state index in [0.29, 0.717) is 12.5 Å². The molecule has 0 radical (unpaired) electrons. The maximum absolute atomic E-state index is 12.1. The lowest BCUT2D eigenvalue weighted by Crippen LogP contribution is -2.30. The van der Waals surface area contributed by atoms with Crippen molar-refractivity contribution in [1.82, 2.24) is 9.71 Å². The van der Waals surface area contributed by atoms with Gasteiger partial charge >= 0.3 is 5.97 Å². The lowest BCUT2D eigenvalue weighted by molar-refractivity contribution is 0.0687. The summed E-state index contributed by atoms with van der Waals surface area (Å²) in [6.07, 6.45) is 5.52. The van der Waals surface area contributed by atoms with Crippen LogP contribution in [0.5, 0.6) is 0 Å². The number of carbonyl (C=O) groups is 1. The lowest BCUT2D eigenvalue weighted by atomic mass is 9.90. The van der Waals surface area contributed by atoms with Gasteiger partial charge in [-0.25, -0.2) is 22.9 Å². The van der Waals surface area contributed by atoms with Gasteiger partial charge in [0, 0.05) is 6.54 Å². The number of nitrogens with one attached hydrogen (secondary N) is 1. The smallest absolute Gasteiger partial charge is 0.356 e. The molecule has 1 aliphatic rings. The Morgan fingerprint density at radius 1 is 1.42 bits per heavy atom. The molecule has 2 rings (SSSR count). The van der Waals surface area contributed by atoms with Gasteiger partial charge in [0.2, 0.25) is 0 Å². The third-order valence-corrected chi connectivity index (χ3v) is 6.06. The monoisotopic (exact) mass is 304 g/mol. The number of hydrogen-bond donors (Lipinski definition) is 2. The minimum absolute atomic E-state index is 0.212. The van der Waals surface area contributed by atoms with Gasteiger partial charge in [-0.3, -0.25) is 0 Å². The first-order valence-corrected chi connectivity index (χ1v) is 8.53. The fraction of sp³-hybridized carbons (Fsp3) is 0.636. The van der Waals surface area contributed by atoms with Crippen molar-refractivity contribution < 1.29 is 18.3 Å². The quantitative estimate of drug-likeness (QED) is 0.863. The number of nitrogens with zero attached hydrogens (tertiary/aromatic N) is 1. The van der Waals surface area contributed by atoms with Crippen molar-refractivity contribution >= 4 is 27.3 Å². The van der Waals surface area contributed by atoms with Gasteiger partial charge < -0.3 is 5.11 Å². The molecule has 1 aromatic heterocycles. The lowest BCUT2D eigenvalue weighted by Gasteiger charge is -2.21. The number of carboxylic acid groups (broad SMARTS) is 1. The average Bonchev–Trinajstić information content (AvgIpc) is 2.88. The van der Waals surface area contributed by atoms with Crippen molar-refractivity contribution in [2.24, 2.45) is 5.92 Å². The summed E-state index contributed by atoms with van der Waals surface area (Å²) < 4.78 is 26.4. The summed E-state index contributed by atoms with van der Waals surface area (Å²) in [5.41, 5.74) is 0.833. The van der Waals surface area contributed by atoms with E-state index in [1.165, 1.54) is 11.9 Å². The Morgan fingerprint density at radius 3 is 2.74 bits per heavy atom. The Kier molecular flexibility index (Phi) is 4.54. The summed E-state index contributed by atoms with van der Waals surface area (Å²) in [4.78, 5) is 14.5.